The Kier molecular flexibility index (Phi) is 5.14. The lowest BCUT2D eigenvalue weighted by molar-refractivity contribution is 0.0957. The third-order valence-corrected chi connectivity index (χ3v) is 3.93. The van der Waals surface area contributed by atoms with Gasteiger partial charge in [0.1, 0.15) is 5.82 Å². The fourth-order valence-electron chi connectivity index (χ4n) is 2.69. The number of aryl methyl sites for hydroxylation is 1. The van der Waals surface area contributed by atoms with E-state index in [1.54, 1.807) is 23.7 Å². The van der Waals surface area contributed by atoms with Gasteiger partial charge < -0.3 is 5.32 Å². The molecular weight excluding hydrogens is 329 g/mol. The molecule has 1 amide bonds. The van der Waals surface area contributed by atoms with Crippen molar-refractivity contribution >= 4 is 5.91 Å². The van der Waals surface area contributed by atoms with Gasteiger partial charge in [0.25, 0.3) is 5.91 Å². The highest BCUT2D eigenvalue weighted by Gasteiger charge is 2.18. The molecule has 0 saturated heterocycles. The number of rotatable bonds is 3. The van der Waals surface area contributed by atoms with Crippen molar-refractivity contribution < 1.29 is 9.18 Å². The van der Waals surface area contributed by atoms with Crippen molar-refractivity contribution in [2.24, 2.45) is 0 Å². The molecule has 1 heterocycles. The molecule has 0 aliphatic carbocycles. The Morgan fingerprint density at radius 2 is 1.81 bits per heavy atom. The number of hydrogen-bond acceptors (Lipinski definition) is 2. The highest BCUT2D eigenvalue weighted by molar-refractivity contribution is 5.96. The lowest BCUT2D eigenvalue weighted by Gasteiger charge is -2.05. The first-order valence-corrected chi connectivity index (χ1v) is 8.20. The molecule has 0 fully saturated rings. The standard InChI is InChI=1S/C21H18FN3O/c1-15-20(16(2)25(24-15)19-12-10-18(22)11-13-19)21(26)23-14-6-9-17-7-4-3-5-8-17/h3-5,7-8,10-13H,14H2,1-2H3,(H,23,26). The molecule has 0 atom stereocenters. The van der Waals surface area contributed by atoms with E-state index in [4.69, 9.17) is 0 Å². The normalized spacial score (nSPS) is 10.1. The zero-order valence-corrected chi connectivity index (χ0v) is 14.6. The second kappa shape index (κ2) is 7.66. The van der Waals surface area contributed by atoms with Crippen LogP contribution >= 0.6 is 0 Å². The van der Waals surface area contributed by atoms with Crippen LogP contribution in [0.4, 0.5) is 4.39 Å². The Morgan fingerprint density at radius 3 is 2.50 bits per heavy atom. The Balaban J connectivity index is 1.74. The molecule has 0 radical (unpaired) electrons. The first-order chi connectivity index (χ1) is 12.6. The van der Waals surface area contributed by atoms with Crippen molar-refractivity contribution in [1.82, 2.24) is 15.1 Å². The van der Waals surface area contributed by atoms with E-state index in [1.165, 1.54) is 12.1 Å². The molecule has 3 aromatic rings. The Labute approximate surface area is 151 Å². The molecule has 0 aliphatic heterocycles. The third-order valence-electron chi connectivity index (χ3n) is 3.93. The van der Waals surface area contributed by atoms with Gasteiger partial charge in [-0.2, -0.15) is 5.10 Å². The second-order valence-electron chi connectivity index (χ2n) is 5.78. The van der Waals surface area contributed by atoms with Gasteiger partial charge >= 0.3 is 0 Å². The Bertz CT molecular complexity index is 980. The zero-order valence-electron chi connectivity index (χ0n) is 14.6. The average molecular weight is 347 g/mol. The van der Waals surface area contributed by atoms with Crippen LogP contribution in [-0.2, 0) is 0 Å². The van der Waals surface area contributed by atoms with E-state index in [-0.39, 0.29) is 18.3 Å². The SMILES string of the molecule is Cc1nn(-c2ccc(F)cc2)c(C)c1C(=O)NCC#Cc1ccccc1. The van der Waals surface area contributed by atoms with E-state index >= 15 is 0 Å². The maximum absolute atomic E-state index is 13.1. The fourth-order valence-corrected chi connectivity index (χ4v) is 2.69. The van der Waals surface area contributed by atoms with Gasteiger partial charge in [-0.1, -0.05) is 30.0 Å². The van der Waals surface area contributed by atoms with Crippen molar-refractivity contribution in [2.45, 2.75) is 13.8 Å². The fraction of sp³-hybridized carbons (Fsp3) is 0.143. The van der Waals surface area contributed by atoms with Gasteiger partial charge in [-0.3, -0.25) is 4.79 Å². The van der Waals surface area contributed by atoms with Crippen LogP contribution in [0.2, 0.25) is 0 Å². The van der Waals surface area contributed by atoms with Crippen LogP contribution in [0, 0.1) is 31.5 Å². The monoisotopic (exact) mass is 347 g/mol. The summed E-state index contributed by atoms with van der Waals surface area (Å²) in [6.45, 7) is 3.83. The first-order valence-electron chi connectivity index (χ1n) is 8.20. The van der Waals surface area contributed by atoms with Crippen LogP contribution in [-0.4, -0.2) is 22.2 Å². The number of amides is 1. The van der Waals surface area contributed by atoms with E-state index in [9.17, 15) is 9.18 Å². The molecule has 0 bridgehead atoms. The van der Waals surface area contributed by atoms with E-state index in [2.05, 4.69) is 22.3 Å². The number of halogens is 1. The molecule has 0 unspecified atom stereocenters. The summed E-state index contributed by atoms with van der Waals surface area (Å²) in [4.78, 5) is 12.5. The average Bonchev–Trinajstić information content (AvgIpc) is 2.94. The van der Waals surface area contributed by atoms with Crippen molar-refractivity contribution in [1.29, 1.82) is 0 Å². The van der Waals surface area contributed by atoms with Crippen LogP contribution in [0.25, 0.3) is 5.69 Å². The Hall–Kier alpha value is -3.39. The molecule has 0 spiro atoms. The van der Waals surface area contributed by atoms with Crippen molar-refractivity contribution in [3.8, 4) is 17.5 Å². The minimum absolute atomic E-state index is 0.226. The van der Waals surface area contributed by atoms with Crippen molar-refractivity contribution in [3.63, 3.8) is 0 Å². The number of carbonyl (C=O) groups excluding carboxylic acids is 1. The topological polar surface area (TPSA) is 46.9 Å². The molecule has 0 aliphatic rings. The molecular formula is C21H18FN3O. The summed E-state index contributed by atoms with van der Waals surface area (Å²) in [5.74, 6) is 5.39. The number of carbonyl (C=O) groups is 1. The van der Waals surface area contributed by atoms with Gasteiger partial charge in [-0.15, -0.1) is 0 Å². The van der Waals surface area contributed by atoms with E-state index in [1.807, 2.05) is 37.3 Å². The number of nitrogens with one attached hydrogen (secondary N) is 1. The van der Waals surface area contributed by atoms with E-state index < -0.39 is 0 Å². The molecule has 26 heavy (non-hydrogen) atoms. The maximum Gasteiger partial charge on any atom is 0.255 e. The van der Waals surface area contributed by atoms with Crippen molar-refractivity contribution in [2.75, 3.05) is 6.54 Å². The summed E-state index contributed by atoms with van der Waals surface area (Å²) in [6.07, 6.45) is 0. The van der Waals surface area contributed by atoms with Gasteiger partial charge in [0, 0.05) is 5.56 Å². The van der Waals surface area contributed by atoms with Crippen LogP contribution in [0.3, 0.4) is 0 Å². The molecule has 2 aromatic carbocycles. The predicted molar refractivity (Wildman–Crippen MR) is 98.6 cm³/mol. The smallest absolute Gasteiger partial charge is 0.255 e. The highest BCUT2D eigenvalue weighted by Crippen LogP contribution is 2.18. The molecule has 4 nitrogen and oxygen atoms in total. The second-order valence-corrected chi connectivity index (χ2v) is 5.78. The van der Waals surface area contributed by atoms with E-state index in [0.29, 0.717) is 22.6 Å². The van der Waals surface area contributed by atoms with Crippen LogP contribution in [0.1, 0.15) is 27.3 Å². The lowest BCUT2D eigenvalue weighted by Crippen LogP contribution is -2.24. The minimum atomic E-state index is -0.315. The van der Waals surface area contributed by atoms with E-state index in [0.717, 1.165) is 5.56 Å². The van der Waals surface area contributed by atoms with Gasteiger partial charge in [0.2, 0.25) is 0 Å². The number of nitrogens with zero attached hydrogens (tertiary/aromatic N) is 2. The summed E-state index contributed by atoms with van der Waals surface area (Å²) in [7, 11) is 0. The first kappa shape index (κ1) is 17.4. The highest BCUT2D eigenvalue weighted by atomic mass is 19.1. The molecule has 1 N–H and O–H groups in total. The predicted octanol–water partition coefficient (Wildman–Crippen LogP) is 3.41. The van der Waals surface area contributed by atoms with Crippen molar-refractivity contribution in [3.05, 3.63) is 82.9 Å². The maximum atomic E-state index is 13.1. The third kappa shape index (κ3) is 3.81. The number of aromatic nitrogens is 2. The zero-order chi connectivity index (χ0) is 18.5. The quantitative estimate of drug-likeness (QED) is 0.738. The van der Waals surface area contributed by atoms with Gasteiger partial charge in [0.15, 0.2) is 0 Å². The molecule has 3 rings (SSSR count). The summed E-state index contributed by atoms with van der Waals surface area (Å²) >= 11 is 0. The molecule has 5 heteroatoms. The molecule has 1 aromatic heterocycles. The summed E-state index contributed by atoms with van der Waals surface area (Å²) in [6, 6.07) is 15.6. The lowest BCUT2D eigenvalue weighted by atomic mass is 10.2. The van der Waals surface area contributed by atoms with Crippen LogP contribution in [0.5, 0.6) is 0 Å². The van der Waals surface area contributed by atoms with Gasteiger partial charge in [-0.25, -0.2) is 9.07 Å². The van der Waals surface area contributed by atoms with Crippen LogP contribution in [0.15, 0.2) is 54.6 Å². The number of hydrogen-bond donors (Lipinski definition) is 1. The summed E-state index contributed by atoms with van der Waals surface area (Å²) < 4.78 is 14.7. The summed E-state index contributed by atoms with van der Waals surface area (Å²) in [5.41, 5.74) is 3.42. The Morgan fingerprint density at radius 1 is 1.12 bits per heavy atom. The summed E-state index contributed by atoms with van der Waals surface area (Å²) in [5, 5.41) is 7.20. The van der Waals surface area contributed by atoms with Gasteiger partial charge in [-0.05, 0) is 50.2 Å². The van der Waals surface area contributed by atoms with Crippen LogP contribution < -0.4 is 5.32 Å². The number of benzene rings is 2. The van der Waals surface area contributed by atoms with Gasteiger partial charge in [0.05, 0.1) is 29.2 Å². The minimum Gasteiger partial charge on any atom is -0.341 e. The molecule has 0 saturated carbocycles. The largest absolute Gasteiger partial charge is 0.341 e. The molecule has 130 valence electrons.